The molecule has 0 N–H and O–H groups in total. The zero-order valence-corrected chi connectivity index (χ0v) is 17.8. The smallest absolute Gasteiger partial charge is 0.163 e. The third kappa shape index (κ3) is 1.98. The van der Waals surface area contributed by atoms with Gasteiger partial charge < -0.3 is 0 Å². The maximum atomic E-state index is 4.64. The van der Waals surface area contributed by atoms with Crippen molar-refractivity contribution in [1.29, 1.82) is 0 Å². The lowest BCUT2D eigenvalue weighted by Crippen LogP contribution is -1.92. The Morgan fingerprint density at radius 1 is 0.645 bits per heavy atom. The van der Waals surface area contributed by atoms with E-state index >= 15 is 0 Å². The Balaban J connectivity index is 1.64. The van der Waals surface area contributed by atoms with Crippen molar-refractivity contribution in [3.8, 4) is 0 Å². The first-order valence-electron chi connectivity index (χ1n) is 10.2. The number of pyridine rings is 2. The van der Waals surface area contributed by atoms with Gasteiger partial charge in [-0.05, 0) is 30.3 Å². The van der Waals surface area contributed by atoms with Gasteiger partial charge in [-0.1, -0.05) is 30.3 Å². The first-order valence-corrected chi connectivity index (χ1v) is 11.8. The molecule has 0 unspecified atom stereocenters. The van der Waals surface area contributed by atoms with Crippen LogP contribution in [0, 0.1) is 0 Å². The van der Waals surface area contributed by atoms with Crippen molar-refractivity contribution in [3.63, 3.8) is 0 Å². The van der Waals surface area contributed by atoms with Crippen LogP contribution < -0.4 is 0 Å². The van der Waals surface area contributed by atoms with Crippen LogP contribution in [0.1, 0.15) is 0 Å². The molecule has 0 saturated carbocycles. The summed E-state index contributed by atoms with van der Waals surface area (Å²) in [7, 11) is 0. The molecule has 8 rings (SSSR count). The highest BCUT2D eigenvalue weighted by Gasteiger charge is 2.16. The summed E-state index contributed by atoms with van der Waals surface area (Å²) in [5, 5.41) is 7.77. The van der Waals surface area contributed by atoms with Crippen molar-refractivity contribution in [2.75, 3.05) is 0 Å². The van der Waals surface area contributed by atoms with Crippen LogP contribution in [-0.4, -0.2) is 14.4 Å². The lowest BCUT2D eigenvalue weighted by Gasteiger charge is -2.08. The molecule has 0 bridgehead atoms. The lowest BCUT2D eigenvalue weighted by atomic mass is 10.0. The van der Waals surface area contributed by atoms with Crippen molar-refractivity contribution in [2.45, 2.75) is 0 Å². The number of hydrogen-bond donors (Lipinski definition) is 0. The molecule has 144 valence electrons. The fraction of sp³-hybridized carbons (Fsp3) is 0. The first kappa shape index (κ1) is 16.2. The molecule has 0 fully saturated rings. The van der Waals surface area contributed by atoms with E-state index in [-0.39, 0.29) is 0 Å². The number of imidazole rings is 1. The van der Waals surface area contributed by atoms with Crippen LogP contribution >= 0.6 is 22.7 Å². The van der Waals surface area contributed by atoms with E-state index in [0.717, 1.165) is 16.6 Å². The van der Waals surface area contributed by atoms with Gasteiger partial charge in [0, 0.05) is 69.7 Å². The average molecular weight is 432 g/mol. The van der Waals surface area contributed by atoms with Crippen LogP contribution in [0.25, 0.3) is 67.8 Å². The molecule has 3 nitrogen and oxygen atoms in total. The monoisotopic (exact) mass is 431 g/mol. The molecule has 0 spiro atoms. The largest absolute Gasteiger partial charge is 0.298 e. The Morgan fingerprint density at radius 2 is 1.58 bits per heavy atom. The van der Waals surface area contributed by atoms with Crippen molar-refractivity contribution in [1.82, 2.24) is 14.4 Å². The summed E-state index contributed by atoms with van der Waals surface area (Å²) in [6.45, 7) is 0. The van der Waals surface area contributed by atoms with E-state index in [2.05, 4.69) is 69.0 Å². The number of rotatable bonds is 0. The second-order valence-corrected chi connectivity index (χ2v) is 10.0. The van der Waals surface area contributed by atoms with Crippen molar-refractivity contribution < 1.29 is 0 Å². The van der Waals surface area contributed by atoms with E-state index in [4.69, 9.17) is 0 Å². The summed E-state index contributed by atoms with van der Waals surface area (Å²) in [4.78, 5) is 9.25. The number of aromatic nitrogens is 3. The maximum absolute atomic E-state index is 4.64. The van der Waals surface area contributed by atoms with E-state index in [1.54, 1.807) is 0 Å². The molecule has 0 saturated heterocycles. The number of thiophene rings is 2. The Bertz CT molecular complexity index is 2010. The fourth-order valence-electron chi connectivity index (χ4n) is 4.97. The fourth-order valence-corrected chi connectivity index (χ4v) is 7.43. The van der Waals surface area contributed by atoms with Crippen LogP contribution in [-0.2, 0) is 0 Å². The third-order valence-electron chi connectivity index (χ3n) is 6.31. The van der Waals surface area contributed by atoms with E-state index < -0.39 is 0 Å². The molecule has 5 aromatic heterocycles. The Labute approximate surface area is 183 Å². The lowest BCUT2D eigenvalue weighted by molar-refractivity contribution is 1.26. The average Bonchev–Trinajstić information content (AvgIpc) is 3.52. The van der Waals surface area contributed by atoms with Gasteiger partial charge in [0.25, 0.3) is 0 Å². The molecular weight excluding hydrogens is 418 g/mol. The second kappa shape index (κ2) is 5.58. The zero-order chi connectivity index (χ0) is 20.1. The van der Waals surface area contributed by atoms with Crippen molar-refractivity contribution >= 4 is 90.5 Å². The number of hydrogen-bond acceptors (Lipinski definition) is 4. The Hall–Kier alpha value is -3.54. The van der Waals surface area contributed by atoms with Gasteiger partial charge in [0.2, 0.25) is 0 Å². The predicted octanol–water partition coefficient (Wildman–Crippen LogP) is 7.77. The first-order chi connectivity index (χ1) is 15.4. The highest BCUT2D eigenvalue weighted by Crippen LogP contribution is 2.45. The SMILES string of the molecule is c1ccc2c(c1)sc1c2ccc2sc3cc4c5cccnc5c5nccn5c4cc3c21. The topological polar surface area (TPSA) is 30.2 Å². The zero-order valence-electron chi connectivity index (χ0n) is 16.2. The van der Waals surface area contributed by atoms with Gasteiger partial charge in [-0.2, -0.15) is 0 Å². The predicted molar refractivity (Wildman–Crippen MR) is 134 cm³/mol. The van der Waals surface area contributed by atoms with Gasteiger partial charge >= 0.3 is 0 Å². The summed E-state index contributed by atoms with van der Waals surface area (Å²) in [6.07, 6.45) is 5.75. The molecule has 5 heterocycles. The van der Waals surface area contributed by atoms with E-state index in [1.807, 2.05) is 47.3 Å². The van der Waals surface area contributed by atoms with Gasteiger partial charge in [-0.15, -0.1) is 22.7 Å². The van der Waals surface area contributed by atoms with Crippen LogP contribution in [0.3, 0.4) is 0 Å². The van der Waals surface area contributed by atoms with Crippen molar-refractivity contribution in [2.24, 2.45) is 0 Å². The molecule has 31 heavy (non-hydrogen) atoms. The standard InChI is InChI=1S/C26H13N3S2/c1-2-6-20-14(4-1)16-7-8-21-23(25(16)31-20)18-12-19-17(13-22(18)30-21)15-5-3-9-27-24(15)26-28-10-11-29(19)26/h1-13H. The minimum Gasteiger partial charge on any atom is -0.298 e. The van der Waals surface area contributed by atoms with Gasteiger partial charge in [-0.25, -0.2) is 4.98 Å². The van der Waals surface area contributed by atoms with Gasteiger partial charge in [0.05, 0.1) is 5.52 Å². The minimum absolute atomic E-state index is 0.911. The van der Waals surface area contributed by atoms with Crippen LogP contribution in [0.15, 0.2) is 79.3 Å². The highest BCUT2D eigenvalue weighted by molar-refractivity contribution is 7.29. The van der Waals surface area contributed by atoms with Gasteiger partial charge in [0.1, 0.15) is 5.52 Å². The Kier molecular flexibility index (Phi) is 2.91. The molecule has 0 atom stereocenters. The molecule has 0 aliphatic carbocycles. The van der Waals surface area contributed by atoms with Crippen LogP contribution in [0.2, 0.25) is 0 Å². The quantitative estimate of drug-likeness (QED) is 0.230. The molecule has 8 aromatic rings. The molecule has 5 heteroatoms. The molecular formula is C26H13N3S2. The number of fused-ring (bicyclic) bond motifs is 13. The van der Waals surface area contributed by atoms with E-state index in [1.165, 1.54) is 51.2 Å². The number of benzene rings is 3. The highest BCUT2D eigenvalue weighted by atomic mass is 32.1. The van der Waals surface area contributed by atoms with Crippen molar-refractivity contribution in [3.05, 3.63) is 79.3 Å². The van der Waals surface area contributed by atoms with Crippen LogP contribution in [0.4, 0.5) is 0 Å². The summed E-state index contributed by atoms with van der Waals surface area (Å²) < 4.78 is 7.57. The summed E-state index contributed by atoms with van der Waals surface area (Å²) >= 11 is 3.78. The van der Waals surface area contributed by atoms with Gasteiger partial charge in [-0.3, -0.25) is 9.38 Å². The van der Waals surface area contributed by atoms with Crippen LogP contribution in [0.5, 0.6) is 0 Å². The van der Waals surface area contributed by atoms with Gasteiger partial charge in [0.15, 0.2) is 5.65 Å². The number of nitrogens with zero attached hydrogens (tertiary/aromatic N) is 3. The normalized spacial score (nSPS) is 12.5. The molecule has 3 aromatic carbocycles. The van der Waals surface area contributed by atoms with E-state index in [0.29, 0.717) is 0 Å². The summed E-state index contributed by atoms with van der Waals surface area (Å²) in [6, 6.07) is 22.2. The molecule has 0 amide bonds. The third-order valence-corrected chi connectivity index (χ3v) is 8.63. The summed E-state index contributed by atoms with van der Waals surface area (Å²) in [5.74, 6) is 0. The molecule has 0 aliphatic rings. The Morgan fingerprint density at radius 3 is 2.58 bits per heavy atom. The molecule has 0 aliphatic heterocycles. The minimum atomic E-state index is 0.911. The maximum Gasteiger partial charge on any atom is 0.163 e. The molecule has 0 radical (unpaired) electrons. The second-order valence-electron chi connectivity index (χ2n) is 7.90. The van der Waals surface area contributed by atoms with E-state index in [9.17, 15) is 0 Å². The summed E-state index contributed by atoms with van der Waals surface area (Å²) in [5.41, 5.74) is 3.04.